The summed E-state index contributed by atoms with van der Waals surface area (Å²) >= 11 is 0. The van der Waals surface area contributed by atoms with E-state index in [0.717, 1.165) is 35.9 Å². The average Bonchev–Trinajstić information content (AvgIpc) is 3.14. The first-order valence-corrected chi connectivity index (χ1v) is 9.93. The number of amides is 1. The second kappa shape index (κ2) is 8.68. The minimum absolute atomic E-state index is 0.0842. The Labute approximate surface area is 185 Å². The van der Waals surface area contributed by atoms with Gasteiger partial charge in [0.2, 0.25) is 0 Å². The van der Waals surface area contributed by atoms with Gasteiger partial charge >= 0.3 is 6.18 Å². The lowest BCUT2D eigenvalue weighted by molar-refractivity contribution is -0.137. The molecule has 0 fully saturated rings. The molecular weight excluding hydrogens is 445 g/mol. The van der Waals surface area contributed by atoms with Crippen LogP contribution in [0.15, 0.2) is 48.5 Å². The maximum absolute atomic E-state index is 13.5. The Morgan fingerprint density at radius 2 is 1.79 bits per heavy atom. The SMILES string of the molecule is COc1ccc(Nc2cc(F)cc(F)c2)nc1C(=O)NC1CCc2ccc(C(F)(F)F)cc21. The van der Waals surface area contributed by atoms with Crippen LogP contribution in [0.3, 0.4) is 0 Å². The Morgan fingerprint density at radius 3 is 2.45 bits per heavy atom. The zero-order valence-corrected chi connectivity index (χ0v) is 17.3. The molecule has 172 valence electrons. The number of carbonyl (C=O) groups excluding carboxylic acids is 1. The van der Waals surface area contributed by atoms with E-state index in [4.69, 9.17) is 4.74 Å². The van der Waals surface area contributed by atoms with E-state index in [1.54, 1.807) is 0 Å². The highest BCUT2D eigenvalue weighted by atomic mass is 19.4. The molecule has 2 N–H and O–H groups in total. The summed E-state index contributed by atoms with van der Waals surface area (Å²) in [6, 6.07) is 8.61. The van der Waals surface area contributed by atoms with Gasteiger partial charge in [0, 0.05) is 11.8 Å². The summed E-state index contributed by atoms with van der Waals surface area (Å²) in [5.74, 6) is -1.98. The number of methoxy groups -OCH3 is 1. The highest BCUT2D eigenvalue weighted by Gasteiger charge is 2.34. The lowest BCUT2D eigenvalue weighted by Crippen LogP contribution is -2.28. The van der Waals surface area contributed by atoms with Gasteiger partial charge in [-0.15, -0.1) is 0 Å². The molecule has 0 spiro atoms. The number of carbonyl (C=O) groups is 1. The quantitative estimate of drug-likeness (QED) is 0.487. The first kappa shape index (κ1) is 22.5. The maximum atomic E-state index is 13.5. The second-order valence-electron chi connectivity index (χ2n) is 7.51. The average molecular weight is 463 g/mol. The van der Waals surface area contributed by atoms with Crippen LogP contribution in [0.5, 0.6) is 5.75 Å². The molecule has 1 aromatic heterocycles. The van der Waals surface area contributed by atoms with Crippen LogP contribution in [0.25, 0.3) is 0 Å². The van der Waals surface area contributed by atoms with Crippen molar-refractivity contribution >= 4 is 17.4 Å². The molecule has 2 aromatic carbocycles. The monoisotopic (exact) mass is 463 g/mol. The van der Waals surface area contributed by atoms with E-state index in [1.165, 1.54) is 25.3 Å². The number of pyridine rings is 1. The van der Waals surface area contributed by atoms with Gasteiger partial charge in [0.05, 0.1) is 18.7 Å². The fourth-order valence-electron chi connectivity index (χ4n) is 3.77. The molecule has 0 radical (unpaired) electrons. The number of aryl methyl sites for hydroxylation is 1. The highest BCUT2D eigenvalue weighted by Crippen LogP contribution is 2.37. The number of anilines is 2. The number of benzene rings is 2. The number of ether oxygens (including phenoxy) is 1. The van der Waals surface area contributed by atoms with E-state index in [2.05, 4.69) is 15.6 Å². The lowest BCUT2D eigenvalue weighted by Gasteiger charge is -2.17. The number of aromatic nitrogens is 1. The van der Waals surface area contributed by atoms with Crippen molar-refractivity contribution in [3.63, 3.8) is 0 Å². The molecular formula is C23H18F5N3O2. The van der Waals surface area contributed by atoms with Gasteiger partial charge in [0.25, 0.3) is 5.91 Å². The summed E-state index contributed by atoms with van der Waals surface area (Å²) in [7, 11) is 1.34. The topological polar surface area (TPSA) is 63.2 Å². The summed E-state index contributed by atoms with van der Waals surface area (Å²) in [5.41, 5.74) is 0.311. The normalized spacial score (nSPS) is 15.2. The van der Waals surface area contributed by atoms with Crippen molar-refractivity contribution in [1.82, 2.24) is 10.3 Å². The van der Waals surface area contributed by atoms with Crippen LogP contribution in [-0.2, 0) is 12.6 Å². The third-order valence-corrected chi connectivity index (χ3v) is 5.28. The van der Waals surface area contributed by atoms with Gasteiger partial charge in [-0.25, -0.2) is 13.8 Å². The third kappa shape index (κ3) is 4.89. The number of fused-ring (bicyclic) bond motifs is 1. The zero-order chi connectivity index (χ0) is 23.8. The molecule has 5 nitrogen and oxygen atoms in total. The summed E-state index contributed by atoms with van der Waals surface area (Å²) in [6.45, 7) is 0. The Bertz CT molecular complexity index is 1190. The number of hydrogen-bond donors (Lipinski definition) is 2. The number of hydrogen-bond acceptors (Lipinski definition) is 4. The van der Waals surface area contributed by atoms with Crippen molar-refractivity contribution in [2.24, 2.45) is 0 Å². The standard InChI is InChI=1S/C23H18F5N3O2/c1-33-19-6-7-20(29-16-10-14(24)9-15(25)11-16)31-21(19)22(32)30-18-5-3-12-2-4-13(8-17(12)18)23(26,27)28/h2,4,6-11,18H,3,5H2,1H3,(H,29,31)(H,30,32). The van der Waals surface area contributed by atoms with Crippen molar-refractivity contribution in [1.29, 1.82) is 0 Å². The van der Waals surface area contributed by atoms with E-state index in [1.807, 2.05) is 0 Å². The van der Waals surface area contributed by atoms with Crippen molar-refractivity contribution in [3.8, 4) is 5.75 Å². The third-order valence-electron chi connectivity index (χ3n) is 5.28. The number of rotatable bonds is 5. The molecule has 0 aliphatic heterocycles. The van der Waals surface area contributed by atoms with Gasteiger partial charge in [-0.1, -0.05) is 6.07 Å². The van der Waals surface area contributed by atoms with Crippen molar-refractivity contribution in [2.45, 2.75) is 25.1 Å². The van der Waals surface area contributed by atoms with Crippen LogP contribution in [0, 0.1) is 11.6 Å². The van der Waals surface area contributed by atoms with Gasteiger partial charge in [-0.2, -0.15) is 13.2 Å². The van der Waals surface area contributed by atoms with Crippen LogP contribution >= 0.6 is 0 Å². The van der Waals surface area contributed by atoms with Gasteiger partial charge in [-0.05, 0) is 60.4 Å². The molecule has 33 heavy (non-hydrogen) atoms. The number of nitrogens with one attached hydrogen (secondary N) is 2. The zero-order valence-electron chi connectivity index (χ0n) is 17.3. The Hall–Kier alpha value is -3.69. The Balaban J connectivity index is 1.58. The van der Waals surface area contributed by atoms with E-state index >= 15 is 0 Å². The fraction of sp³-hybridized carbons (Fsp3) is 0.217. The summed E-state index contributed by atoms with van der Waals surface area (Å²) in [4.78, 5) is 17.1. The van der Waals surface area contributed by atoms with Gasteiger partial charge in [0.15, 0.2) is 5.69 Å². The molecule has 1 amide bonds. The predicted molar refractivity (Wildman–Crippen MR) is 110 cm³/mol. The summed E-state index contributed by atoms with van der Waals surface area (Å²) < 4.78 is 71.4. The maximum Gasteiger partial charge on any atom is 0.416 e. The second-order valence-corrected chi connectivity index (χ2v) is 7.51. The molecule has 1 aliphatic carbocycles. The molecule has 1 aliphatic rings. The number of nitrogens with zero attached hydrogens (tertiary/aromatic N) is 1. The number of halogens is 5. The molecule has 1 unspecified atom stereocenters. The molecule has 0 bridgehead atoms. The summed E-state index contributed by atoms with van der Waals surface area (Å²) in [6.07, 6.45) is -3.53. The van der Waals surface area contributed by atoms with Crippen LogP contribution in [0.1, 0.15) is 39.6 Å². The van der Waals surface area contributed by atoms with Crippen molar-refractivity contribution in [2.75, 3.05) is 12.4 Å². The largest absolute Gasteiger partial charge is 0.494 e. The molecule has 10 heteroatoms. The Morgan fingerprint density at radius 1 is 1.06 bits per heavy atom. The molecule has 0 saturated carbocycles. The molecule has 3 aromatic rings. The van der Waals surface area contributed by atoms with Crippen LogP contribution in [0.4, 0.5) is 33.5 Å². The molecule has 0 saturated heterocycles. The minimum Gasteiger partial charge on any atom is -0.494 e. The lowest BCUT2D eigenvalue weighted by atomic mass is 10.0. The van der Waals surface area contributed by atoms with E-state index in [9.17, 15) is 26.7 Å². The van der Waals surface area contributed by atoms with E-state index in [0.29, 0.717) is 18.4 Å². The summed E-state index contributed by atoms with van der Waals surface area (Å²) in [5, 5.41) is 5.43. The van der Waals surface area contributed by atoms with E-state index < -0.39 is 35.3 Å². The first-order chi connectivity index (χ1) is 15.6. The highest BCUT2D eigenvalue weighted by molar-refractivity contribution is 5.95. The van der Waals surface area contributed by atoms with E-state index in [-0.39, 0.29) is 22.9 Å². The predicted octanol–water partition coefficient (Wildman–Crippen LogP) is 5.55. The van der Waals surface area contributed by atoms with Crippen LogP contribution in [-0.4, -0.2) is 18.0 Å². The van der Waals surface area contributed by atoms with Gasteiger partial charge in [0.1, 0.15) is 23.2 Å². The minimum atomic E-state index is -4.49. The number of alkyl halides is 3. The van der Waals surface area contributed by atoms with Gasteiger partial charge in [-0.3, -0.25) is 4.79 Å². The molecule has 1 heterocycles. The van der Waals surface area contributed by atoms with Crippen molar-refractivity contribution in [3.05, 3.63) is 82.5 Å². The Kier molecular flexibility index (Phi) is 5.92. The van der Waals surface area contributed by atoms with Gasteiger partial charge < -0.3 is 15.4 Å². The fourth-order valence-corrected chi connectivity index (χ4v) is 3.77. The first-order valence-electron chi connectivity index (χ1n) is 9.93. The molecule has 1 atom stereocenters. The van der Waals surface area contributed by atoms with Crippen LogP contribution < -0.4 is 15.4 Å². The van der Waals surface area contributed by atoms with Crippen LogP contribution in [0.2, 0.25) is 0 Å². The van der Waals surface area contributed by atoms with Crippen molar-refractivity contribution < 1.29 is 31.5 Å². The smallest absolute Gasteiger partial charge is 0.416 e. The molecule has 4 rings (SSSR count).